The minimum Gasteiger partial charge on any atom is -0.338 e. The zero-order chi connectivity index (χ0) is 43.0. The monoisotopic (exact) mass is 824 g/mol. The van der Waals surface area contributed by atoms with Crippen LogP contribution in [0.1, 0.15) is 72.4 Å². The van der Waals surface area contributed by atoms with Crippen molar-refractivity contribution in [2.75, 3.05) is 9.80 Å². The molecule has 1 heterocycles. The van der Waals surface area contributed by atoms with Crippen molar-refractivity contribution >= 4 is 28.3 Å². The van der Waals surface area contributed by atoms with Crippen molar-refractivity contribution < 1.29 is 0 Å². The largest absolute Gasteiger partial charge is 0.338 e. The first-order valence-corrected chi connectivity index (χ1v) is 23.1. The molecule has 0 fully saturated rings. The number of para-hydroxylation sites is 1. The number of benzene rings is 7. The van der Waals surface area contributed by atoms with Gasteiger partial charge in [0.2, 0.25) is 0 Å². The molecule has 7 aromatic carbocycles. The summed E-state index contributed by atoms with van der Waals surface area (Å²) in [6.45, 7) is 7.20. The normalized spacial score (nSPS) is 23.3. The van der Waals surface area contributed by atoms with Gasteiger partial charge in [0, 0.05) is 46.0 Å². The van der Waals surface area contributed by atoms with Crippen LogP contribution in [0.15, 0.2) is 225 Å². The van der Waals surface area contributed by atoms with E-state index < -0.39 is 0 Å². The molecule has 310 valence electrons. The van der Waals surface area contributed by atoms with E-state index in [9.17, 15) is 0 Å². The maximum atomic E-state index is 2.59. The number of hydrogen-bond acceptors (Lipinski definition) is 2. The zero-order valence-corrected chi connectivity index (χ0v) is 36.8. The molecule has 0 saturated heterocycles. The Morgan fingerprint density at radius 1 is 0.609 bits per heavy atom. The second kappa shape index (κ2) is 15.0. The SMILES string of the molecule is C/C(=C\CC(C)N(c1ccc(-c2ccccc2)cc1)c1ccc2c(c1)C1(c3ccccc3-2)c2ccccc2[C@H]2C=CC=CC21C)c1ccc2c(c1)C1C=CC=CC1N2c1ccccc1. The van der Waals surface area contributed by atoms with Gasteiger partial charge in [0.1, 0.15) is 0 Å². The highest BCUT2D eigenvalue weighted by Gasteiger charge is 2.63. The number of fused-ring (bicyclic) bond motifs is 13. The third kappa shape index (κ3) is 5.64. The molecule has 2 nitrogen and oxygen atoms in total. The van der Waals surface area contributed by atoms with Crippen molar-refractivity contribution in [2.45, 2.75) is 56.5 Å². The molecular weight excluding hydrogens is 773 g/mol. The Balaban J connectivity index is 0.952. The van der Waals surface area contributed by atoms with Crippen molar-refractivity contribution in [1.82, 2.24) is 0 Å². The van der Waals surface area contributed by atoms with E-state index in [1.165, 1.54) is 84.0 Å². The molecule has 0 aromatic heterocycles. The molecule has 0 radical (unpaired) electrons. The van der Waals surface area contributed by atoms with Crippen LogP contribution in [0.3, 0.4) is 0 Å². The van der Waals surface area contributed by atoms with E-state index in [1.807, 2.05) is 0 Å². The number of hydrogen-bond donors (Lipinski definition) is 0. The first-order chi connectivity index (χ1) is 31.5. The van der Waals surface area contributed by atoms with Gasteiger partial charge in [0.25, 0.3) is 0 Å². The summed E-state index contributed by atoms with van der Waals surface area (Å²) < 4.78 is 0. The average Bonchev–Trinajstić information content (AvgIpc) is 3.93. The predicted octanol–water partition coefficient (Wildman–Crippen LogP) is 15.6. The van der Waals surface area contributed by atoms with E-state index in [2.05, 4.69) is 255 Å². The standard InChI is InChI=1S/C62H52N2/c1-42(46-33-38-60-54(40-46)52-23-12-15-28-59(52)64(60)47-20-8-5-9-21-47)29-30-43(2)63(48-34-31-45(32-35-48)44-18-6-4-7-19-44)49-36-37-51-50-22-10-13-26-56(50)62(58(51)41-49)57-27-14-11-24-53(57)55-25-16-17-39-61(55,62)3/h4-29,31-41,43,52,55,59H,30H2,1-3H3/b42-29+/t43?,52?,55-,59?,61?,62?/m1/s1. The highest BCUT2D eigenvalue weighted by Crippen LogP contribution is 2.71. The molecule has 0 N–H and O–H groups in total. The second-order valence-electron chi connectivity index (χ2n) is 18.6. The van der Waals surface area contributed by atoms with Gasteiger partial charge in [-0.05, 0) is 130 Å². The van der Waals surface area contributed by atoms with Crippen molar-refractivity contribution in [3.8, 4) is 22.3 Å². The molecule has 6 atom stereocenters. The summed E-state index contributed by atoms with van der Waals surface area (Å²) in [6.07, 6.45) is 22.0. The lowest BCUT2D eigenvalue weighted by molar-refractivity contribution is 0.294. The van der Waals surface area contributed by atoms with Crippen molar-refractivity contribution in [3.63, 3.8) is 0 Å². The van der Waals surface area contributed by atoms with Crippen LogP contribution in [-0.2, 0) is 5.41 Å². The lowest BCUT2D eigenvalue weighted by Crippen LogP contribution is -2.42. The number of nitrogens with zero attached hydrogens (tertiary/aromatic N) is 2. The van der Waals surface area contributed by atoms with Gasteiger partial charge in [0.05, 0.1) is 11.5 Å². The highest BCUT2D eigenvalue weighted by atomic mass is 15.2. The fourth-order valence-electron chi connectivity index (χ4n) is 12.4. The summed E-state index contributed by atoms with van der Waals surface area (Å²) in [7, 11) is 0. The van der Waals surface area contributed by atoms with Crippen LogP contribution in [0.2, 0.25) is 0 Å². The molecule has 64 heavy (non-hydrogen) atoms. The van der Waals surface area contributed by atoms with Gasteiger partial charge in [-0.1, -0.05) is 183 Å². The molecule has 12 rings (SSSR count). The maximum absolute atomic E-state index is 2.59. The van der Waals surface area contributed by atoms with Crippen LogP contribution in [0.25, 0.3) is 27.8 Å². The fourth-order valence-corrected chi connectivity index (χ4v) is 12.4. The molecule has 7 aromatic rings. The summed E-state index contributed by atoms with van der Waals surface area (Å²) in [5.74, 6) is 0.599. The van der Waals surface area contributed by atoms with Gasteiger partial charge in [-0.15, -0.1) is 0 Å². The molecule has 5 aliphatic rings. The third-order valence-electron chi connectivity index (χ3n) is 15.3. The van der Waals surface area contributed by atoms with E-state index >= 15 is 0 Å². The van der Waals surface area contributed by atoms with E-state index in [4.69, 9.17) is 0 Å². The van der Waals surface area contributed by atoms with Crippen LogP contribution in [0, 0.1) is 5.41 Å². The Morgan fingerprint density at radius 3 is 2.11 bits per heavy atom. The van der Waals surface area contributed by atoms with Gasteiger partial charge in [0.15, 0.2) is 0 Å². The van der Waals surface area contributed by atoms with Crippen LogP contribution in [-0.4, -0.2) is 12.1 Å². The van der Waals surface area contributed by atoms with E-state index in [0.717, 1.165) is 6.42 Å². The molecule has 1 aliphatic heterocycles. The lowest BCUT2D eigenvalue weighted by atomic mass is 9.56. The molecule has 1 spiro atoms. The topological polar surface area (TPSA) is 6.48 Å². The second-order valence-corrected chi connectivity index (χ2v) is 18.6. The van der Waals surface area contributed by atoms with Crippen LogP contribution < -0.4 is 9.80 Å². The summed E-state index contributed by atoms with van der Waals surface area (Å²) in [6, 6.07) is 64.2. The number of anilines is 4. The summed E-state index contributed by atoms with van der Waals surface area (Å²) in [4.78, 5) is 5.11. The highest BCUT2D eigenvalue weighted by molar-refractivity contribution is 5.89. The summed E-state index contributed by atoms with van der Waals surface area (Å²) >= 11 is 0. The number of allylic oxidation sites excluding steroid dienone is 7. The maximum Gasteiger partial charge on any atom is 0.0629 e. The van der Waals surface area contributed by atoms with E-state index in [1.54, 1.807) is 0 Å². The molecule has 0 bridgehead atoms. The predicted molar refractivity (Wildman–Crippen MR) is 269 cm³/mol. The Labute approximate surface area is 378 Å². The molecule has 0 amide bonds. The molecule has 2 heteroatoms. The third-order valence-corrected chi connectivity index (χ3v) is 15.3. The van der Waals surface area contributed by atoms with Gasteiger partial charge >= 0.3 is 0 Å². The van der Waals surface area contributed by atoms with Gasteiger partial charge < -0.3 is 9.80 Å². The Bertz CT molecular complexity index is 3100. The Morgan fingerprint density at radius 2 is 1.28 bits per heavy atom. The Kier molecular flexibility index (Phi) is 9.02. The van der Waals surface area contributed by atoms with Crippen LogP contribution in [0.4, 0.5) is 22.7 Å². The first kappa shape index (κ1) is 38.5. The molecule has 5 unspecified atom stereocenters. The summed E-state index contributed by atoms with van der Waals surface area (Å²) in [5, 5.41) is 0. The average molecular weight is 825 g/mol. The lowest BCUT2D eigenvalue weighted by Gasteiger charge is -2.45. The van der Waals surface area contributed by atoms with Crippen LogP contribution in [0.5, 0.6) is 0 Å². The van der Waals surface area contributed by atoms with Crippen LogP contribution >= 0.6 is 0 Å². The minimum atomic E-state index is -0.341. The summed E-state index contributed by atoms with van der Waals surface area (Å²) in [5.41, 5.74) is 19.3. The molecule has 4 aliphatic carbocycles. The van der Waals surface area contributed by atoms with Gasteiger partial charge in [-0.25, -0.2) is 0 Å². The van der Waals surface area contributed by atoms with E-state index in [-0.39, 0.29) is 28.8 Å². The van der Waals surface area contributed by atoms with E-state index in [0.29, 0.717) is 5.92 Å². The quantitative estimate of drug-likeness (QED) is 0.151. The van der Waals surface area contributed by atoms with Gasteiger partial charge in [-0.3, -0.25) is 0 Å². The number of rotatable bonds is 8. The van der Waals surface area contributed by atoms with Crippen molar-refractivity contribution in [1.29, 1.82) is 0 Å². The fraction of sp³-hybridized carbons (Fsp3) is 0.161. The van der Waals surface area contributed by atoms with Crippen molar-refractivity contribution in [2.24, 2.45) is 5.41 Å². The minimum absolute atomic E-state index is 0.158. The Hall–Kier alpha value is -7.16. The van der Waals surface area contributed by atoms with Gasteiger partial charge in [-0.2, -0.15) is 0 Å². The first-order valence-electron chi connectivity index (χ1n) is 23.1. The van der Waals surface area contributed by atoms with Crippen molar-refractivity contribution in [3.05, 3.63) is 258 Å². The molecular formula is C62H52N2. The smallest absolute Gasteiger partial charge is 0.0629 e. The zero-order valence-electron chi connectivity index (χ0n) is 36.8. The molecule has 0 saturated carbocycles.